The number of nitrogens with zero attached hydrogens (tertiary/aromatic N) is 1. The van der Waals surface area contributed by atoms with Crippen molar-refractivity contribution in [3.05, 3.63) is 0 Å². The fourth-order valence-corrected chi connectivity index (χ4v) is 2.84. The number of hydrogen-bond acceptors (Lipinski definition) is 2. The Morgan fingerprint density at radius 2 is 1.59 bits per heavy atom. The number of quaternary nitrogens is 1. The molecule has 0 aromatic carbocycles. The molecule has 0 spiro atoms. The van der Waals surface area contributed by atoms with Crippen molar-refractivity contribution in [2.45, 2.75) is 51.6 Å². The Bertz CT molecular complexity index is 168. The minimum Gasteiger partial charge on any atom is -0.386 e. The van der Waals surface area contributed by atoms with Crippen molar-refractivity contribution in [3.63, 3.8) is 0 Å². The summed E-state index contributed by atoms with van der Waals surface area (Å²) in [4.78, 5) is 0. The van der Waals surface area contributed by atoms with E-state index in [4.69, 9.17) is 0 Å². The summed E-state index contributed by atoms with van der Waals surface area (Å²) in [7, 11) is 6.38. The number of aliphatic hydroxyl groups excluding tert-OH is 1. The largest absolute Gasteiger partial charge is 0.386 e. The molecular formula is C14H32NOS+. The highest BCUT2D eigenvalue weighted by atomic mass is 32.2. The van der Waals surface area contributed by atoms with Gasteiger partial charge in [-0.2, -0.15) is 11.8 Å². The van der Waals surface area contributed by atoms with Gasteiger partial charge in [-0.3, -0.25) is 0 Å². The standard InChI is InChI=1S/C14H32NOS/c1-5-6-7-8-9-10-11-17-13-14(16)12-15(2,3)4/h14,16H,5-13H2,1-4H3/q+1/t14-/m0/s1. The van der Waals surface area contributed by atoms with E-state index in [0.29, 0.717) is 0 Å². The monoisotopic (exact) mass is 262 g/mol. The molecule has 0 unspecified atom stereocenters. The predicted octanol–water partition coefficient (Wildman–Crippen LogP) is 3.15. The first-order valence-corrected chi connectivity index (χ1v) is 8.17. The zero-order chi connectivity index (χ0) is 13.1. The van der Waals surface area contributed by atoms with Crippen LogP contribution in [-0.2, 0) is 0 Å². The average Bonchev–Trinajstić information content (AvgIpc) is 2.19. The molecule has 0 aliphatic heterocycles. The van der Waals surface area contributed by atoms with Crippen LogP contribution in [0.4, 0.5) is 0 Å². The van der Waals surface area contributed by atoms with Crippen molar-refractivity contribution in [2.24, 2.45) is 0 Å². The van der Waals surface area contributed by atoms with Crippen LogP contribution in [0.1, 0.15) is 45.4 Å². The third kappa shape index (κ3) is 14.2. The molecule has 0 bridgehead atoms. The van der Waals surface area contributed by atoms with Crippen LogP contribution in [0.15, 0.2) is 0 Å². The Kier molecular flexibility index (Phi) is 10.4. The van der Waals surface area contributed by atoms with E-state index in [-0.39, 0.29) is 6.10 Å². The van der Waals surface area contributed by atoms with Gasteiger partial charge >= 0.3 is 0 Å². The van der Waals surface area contributed by atoms with E-state index in [9.17, 15) is 5.11 Å². The molecule has 0 radical (unpaired) electrons. The number of hydrogen-bond donors (Lipinski definition) is 1. The summed E-state index contributed by atoms with van der Waals surface area (Å²) in [6.07, 6.45) is 8.01. The summed E-state index contributed by atoms with van der Waals surface area (Å²) < 4.78 is 0.846. The van der Waals surface area contributed by atoms with Gasteiger partial charge in [0, 0.05) is 5.75 Å². The maximum atomic E-state index is 9.82. The number of thioether (sulfide) groups is 1. The zero-order valence-electron chi connectivity index (χ0n) is 12.2. The SMILES string of the molecule is CCCCCCCCSC[C@@H](O)C[N+](C)(C)C. The number of rotatable bonds is 11. The van der Waals surface area contributed by atoms with Gasteiger partial charge in [-0.15, -0.1) is 0 Å². The second-order valence-electron chi connectivity index (χ2n) is 5.97. The topological polar surface area (TPSA) is 20.2 Å². The summed E-state index contributed by atoms with van der Waals surface area (Å²) in [5.41, 5.74) is 0. The molecule has 1 atom stereocenters. The summed E-state index contributed by atoms with van der Waals surface area (Å²) in [5, 5.41) is 9.82. The Morgan fingerprint density at radius 1 is 1.00 bits per heavy atom. The Labute approximate surface area is 112 Å². The van der Waals surface area contributed by atoms with Gasteiger partial charge in [0.05, 0.1) is 21.1 Å². The second-order valence-corrected chi connectivity index (χ2v) is 7.12. The van der Waals surface area contributed by atoms with Crippen LogP contribution in [0, 0.1) is 0 Å². The summed E-state index contributed by atoms with van der Waals surface area (Å²) >= 11 is 1.91. The molecule has 0 aromatic rings. The first-order valence-electron chi connectivity index (χ1n) is 7.02. The summed E-state index contributed by atoms with van der Waals surface area (Å²) in [5.74, 6) is 2.10. The van der Waals surface area contributed by atoms with Gasteiger partial charge in [0.25, 0.3) is 0 Å². The van der Waals surface area contributed by atoms with Gasteiger partial charge in [-0.1, -0.05) is 39.0 Å². The highest BCUT2D eigenvalue weighted by molar-refractivity contribution is 7.99. The molecule has 0 aliphatic carbocycles. The molecule has 0 saturated carbocycles. The normalized spacial score (nSPS) is 13.9. The second kappa shape index (κ2) is 10.2. The average molecular weight is 262 g/mol. The molecule has 0 saturated heterocycles. The fraction of sp³-hybridized carbons (Fsp3) is 1.00. The van der Waals surface area contributed by atoms with Crippen LogP contribution in [0.2, 0.25) is 0 Å². The van der Waals surface area contributed by atoms with Crippen molar-refractivity contribution in [1.82, 2.24) is 0 Å². The molecule has 0 rings (SSSR count). The van der Waals surface area contributed by atoms with Crippen molar-refractivity contribution in [2.75, 3.05) is 39.2 Å². The van der Waals surface area contributed by atoms with Gasteiger partial charge in [-0.25, -0.2) is 0 Å². The first kappa shape index (κ1) is 17.3. The van der Waals surface area contributed by atoms with Crippen LogP contribution < -0.4 is 0 Å². The predicted molar refractivity (Wildman–Crippen MR) is 79.6 cm³/mol. The Balaban J connectivity index is 3.22. The summed E-state index contributed by atoms with van der Waals surface area (Å²) in [6.45, 7) is 3.11. The zero-order valence-corrected chi connectivity index (χ0v) is 13.1. The van der Waals surface area contributed by atoms with Crippen LogP contribution in [-0.4, -0.2) is 54.9 Å². The van der Waals surface area contributed by atoms with E-state index in [0.717, 1.165) is 16.8 Å². The fourth-order valence-electron chi connectivity index (χ4n) is 1.89. The van der Waals surface area contributed by atoms with Gasteiger partial charge in [0.1, 0.15) is 12.6 Å². The summed E-state index contributed by atoms with van der Waals surface area (Å²) in [6, 6.07) is 0. The Hall–Kier alpha value is 0.270. The number of unbranched alkanes of at least 4 members (excludes halogenated alkanes) is 5. The van der Waals surface area contributed by atoms with Gasteiger partial charge in [0.15, 0.2) is 0 Å². The van der Waals surface area contributed by atoms with Crippen LogP contribution in [0.5, 0.6) is 0 Å². The van der Waals surface area contributed by atoms with Crippen LogP contribution in [0.25, 0.3) is 0 Å². The highest BCUT2D eigenvalue weighted by Crippen LogP contribution is 2.11. The lowest BCUT2D eigenvalue weighted by atomic mass is 10.1. The maximum absolute atomic E-state index is 9.82. The molecule has 3 heteroatoms. The van der Waals surface area contributed by atoms with Crippen molar-refractivity contribution in [1.29, 1.82) is 0 Å². The van der Waals surface area contributed by atoms with Crippen molar-refractivity contribution < 1.29 is 9.59 Å². The van der Waals surface area contributed by atoms with Crippen molar-refractivity contribution in [3.8, 4) is 0 Å². The molecule has 0 aromatic heterocycles. The van der Waals surface area contributed by atoms with Crippen LogP contribution in [0.3, 0.4) is 0 Å². The molecule has 0 heterocycles. The minimum atomic E-state index is -0.153. The molecule has 2 nitrogen and oxygen atoms in total. The highest BCUT2D eigenvalue weighted by Gasteiger charge is 2.14. The van der Waals surface area contributed by atoms with E-state index in [1.54, 1.807) is 0 Å². The molecule has 0 aliphatic rings. The van der Waals surface area contributed by atoms with Gasteiger partial charge < -0.3 is 9.59 Å². The third-order valence-corrected chi connectivity index (χ3v) is 3.91. The lowest BCUT2D eigenvalue weighted by Gasteiger charge is -2.26. The maximum Gasteiger partial charge on any atom is 0.112 e. The number of likely N-dealkylation sites (N-methyl/N-ethyl adjacent to an activating group) is 1. The Morgan fingerprint density at radius 3 is 2.18 bits per heavy atom. The minimum absolute atomic E-state index is 0.153. The smallest absolute Gasteiger partial charge is 0.112 e. The van der Waals surface area contributed by atoms with E-state index >= 15 is 0 Å². The molecule has 17 heavy (non-hydrogen) atoms. The van der Waals surface area contributed by atoms with E-state index < -0.39 is 0 Å². The number of aliphatic hydroxyl groups is 1. The molecule has 104 valence electrons. The van der Waals surface area contributed by atoms with Crippen LogP contribution >= 0.6 is 11.8 Å². The van der Waals surface area contributed by atoms with E-state index in [1.165, 1.54) is 44.3 Å². The quantitative estimate of drug-likeness (QED) is 0.456. The molecule has 1 N–H and O–H groups in total. The molecule has 0 amide bonds. The third-order valence-electron chi connectivity index (χ3n) is 2.71. The van der Waals surface area contributed by atoms with Gasteiger partial charge in [-0.05, 0) is 12.2 Å². The lowest BCUT2D eigenvalue weighted by Crippen LogP contribution is -2.42. The first-order chi connectivity index (χ1) is 7.95. The lowest BCUT2D eigenvalue weighted by molar-refractivity contribution is -0.873. The van der Waals surface area contributed by atoms with E-state index in [1.807, 2.05) is 11.8 Å². The van der Waals surface area contributed by atoms with Crippen molar-refractivity contribution >= 4 is 11.8 Å². The van der Waals surface area contributed by atoms with Gasteiger partial charge in [0.2, 0.25) is 0 Å². The van der Waals surface area contributed by atoms with E-state index in [2.05, 4.69) is 28.1 Å². The molecule has 0 fully saturated rings. The molecular weight excluding hydrogens is 230 g/mol.